The van der Waals surface area contributed by atoms with Gasteiger partial charge in [-0.05, 0) is 30.9 Å². The third kappa shape index (κ3) is 3.51. The first-order valence-electron chi connectivity index (χ1n) is 10.8. The van der Waals surface area contributed by atoms with Crippen molar-refractivity contribution in [2.45, 2.75) is 31.7 Å². The standard InChI is InChI=1S/C25H26N4O4/c1-14-26-25-27-18-10-16(15-8-6-5-7-9-15)11-19(30)23(18)24(29(25)28-14)17-12-21(32-3)22(33-4)13-20(17)31-2/h5-9,12-13,16,24H,10-11H2,1-4H3,(H,26,27,28)/t16-,24-/m1/s1. The molecule has 8 heteroatoms. The number of nitrogens with one attached hydrogen (secondary N) is 1. The number of rotatable bonds is 5. The van der Waals surface area contributed by atoms with E-state index < -0.39 is 6.04 Å². The first kappa shape index (κ1) is 21.1. The Morgan fingerprint density at radius 1 is 0.970 bits per heavy atom. The predicted molar refractivity (Wildman–Crippen MR) is 123 cm³/mol. The molecule has 0 radical (unpaired) electrons. The molecule has 0 fully saturated rings. The van der Waals surface area contributed by atoms with E-state index in [2.05, 4.69) is 27.5 Å². The first-order chi connectivity index (χ1) is 16.0. The molecule has 2 heterocycles. The highest BCUT2D eigenvalue weighted by molar-refractivity contribution is 6.00. The van der Waals surface area contributed by atoms with Crippen molar-refractivity contribution in [3.8, 4) is 17.2 Å². The Morgan fingerprint density at radius 2 is 1.67 bits per heavy atom. The van der Waals surface area contributed by atoms with Crippen molar-refractivity contribution in [1.82, 2.24) is 14.8 Å². The summed E-state index contributed by atoms with van der Waals surface area (Å²) in [5.74, 6) is 3.10. The second-order valence-corrected chi connectivity index (χ2v) is 8.24. The van der Waals surface area contributed by atoms with E-state index in [9.17, 15) is 4.79 Å². The molecule has 2 aliphatic rings. The van der Waals surface area contributed by atoms with Gasteiger partial charge in [-0.1, -0.05) is 30.3 Å². The van der Waals surface area contributed by atoms with E-state index >= 15 is 0 Å². The minimum Gasteiger partial charge on any atom is -0.496 e. The lowest BCUT2D eigenvalue weighted by Gasteiger charge is -2.35. The molecule has 0 spiro atoms. The highest BCUT2D eigenvalue weighted by Gasteiger charge is 2.41. The average molecular weight is 447 g/mol. The fourth-order valence-electron chi connectivity index (χ4n) is 4.83. The van der Waals surface area contributed by atoms with E-state index in [1.807, 2.05) is 31.2 Å². The molecule has 1 aromatic heterocycles. The molecule has 170 valence electrons. The van der Waals surface area contributed by atoms with Gasteiger partial charge in [0.1, 0.15) is 17.6 Å². The minimum atomic E-state index is -0.489. The normalized spacial score (nSPS) is 19.5. The minimum absolute atomic E-state index is 0.0817. The summed E-state index contributed by atoms with van der Waals surface area (Å²) in [7, 11) is 4.76. The fraction of sp³-hybridized carbons (Fsp3) is 0.320. The van der Waals surface area contributed by atoms with E-state index in [0.717, 1.165) is 16.8 Å². The van der Waals surface area contributed by atoms with Gasteiger partial charge < -0.3 is 19.5 Å². The first-order valence-corrected chi connectivity index (χ1v) is 10.8. The summed E-state index contributed by atoms with van der Waals surface area (Å²) in [5.41, 5.74) is 3.48. The number of ether oxygens (including phenoxy) is 3. The number of benzene rings is 2. The number of aromatic nitrogens is 3. The topological polar surface area (TPSA) is 87.5 Å². The molecule has 5 rings (SSSR count). The molecule has 1 aliphatic heterocycles. The number of hydrogen-bond acceptors (Lipinski definition) is 7. The number of carbonyl (C=O) groups is 1. The monoisotopic (exact) mass is 446 g/mol. The zero-order valence-electron chi connectivity index (χ0n) is 19.1. The van der Waals surface area contributed by atoms with E-state index in [4.69, 9.17) is 14.2 Å². The summed E-state index contributed by atoms with van der Waals surface area (Å²) in [5, 5.41) is 8.00. The molecular weight excluding hydrogens is 420 g/mol. The van der Waals surface area contributed by atoms with Crippen LogP contribution >= 0.6 is 0 Å². The van der Waals surface area contributed by atoms with Crippen molar-refractivity contribution in [3.05, 3.63) is 70.7 Å². The van der Waals surface area contributed by atoms with Crippen molar-refractivity contribution in [1.29, 1.82) is 0 Å². The third-order valence-electron chi connectivity index (χ3n) is 6.33. The molecule has 0 unspecified atom stereocenters. The maximum atomic E-state index is 13.6. The van der Waals surface area contributed by atoms with Gasteiger partial charge in [-0.3, -0.25) is 4.79 Å². The van der Waals surface area contributed by atoms with E-state index in [-0.39, 0.29) is 11.7 Å². The van der Waals surface area contributed by atoms with Crippen LogP contribution < -0.4 is 19.5 Å². The summed E-state index contributed by atoms with van der Waals surface area (Å²) < 4.78 is 18.5. The Balaban J connectivity index is 1.68. The number of anilines is 1. The van der Waals surface area contributed by atoms with Crippen LogP contribution in [0.2, 0.25) is 0 Å². The number of fused-ring (bicyclic) bond motifs is 1. The Bertz CT molecular complexity index is 1250. The fourth-order valence-corrected chi connectivity index (χ4v) is 4.83. The molecule has 0 saturated heterocycles. The van der Waals surface area contributed by atoms with Crippen LogP contribution in [0.25, 0.3) is 0 Å². The quantitative estimate of drug-likeness (QED) is 0.633. The van der Waals surface area contributed by atoms with E-state index in [0.29, 0.717) is 47.4 Å². The molecule has 2 atom stereocenters. The van der Waals surface area contributed by atoms with Crippen LogP contribution in [-0.4, -0.2) is 41.9 Å². The maximum Gasteiger partial charge on any atom is 0.226 e. The zero-order chi connectivity index (χ0) is 23.1. The number of ketones is 1. The number of methoxy groups -OCH3 is 3. The summed E-state index contributed by atoms with van der Waals surface area (Å²) in [6.45, 7) is 1.84. The van der Waals surface area contributed by atoms with Crippen LogP contribution in [0.15, 0.2) is 53.7 Å². The van der Waals surface area contributed by atoms with Gasteiger partial charge in [-0.25, -0.2) is 4.68 Å². The molecular formula is C25H26N4O4. The van der Waals surface area contributed by atoms with Gasteiger partial charge in [-0.15, -0.1) is 0 Å². The highest BCUT2D eigenvalue weighted by Crippen LogP contribution is 2.48. The Hall–Kier alpha value is -3.81. The third-order valence-corrected chi connectivity index (χ3v) is 6.33. The lowest BCUT2D eigenvalue weighted by atomic mass is 9.77. The molecule has 0 amide bonds. The molecule has 1 aliphatic carbocycles. The Kier molecular flexibility index (Phi) is 5.28. The van der Waals surface area contributed by atoms with Crippen LogP contribution in [0.1, 0.15) is 41.8 Å². The zero-order valence-corrected chi connectivity index (χ0v) is 19.1. The number of aryl methyl sites for hydroxylation is 1. The van der Waals surface area contributed by atoms with Gasteiger partial charge in [0, 0.05) is 29.3 Å². The Labute approximate surface area is 192 Å². The molecule has 2 aromatic carbocycles. The van der Waals surface area contributed by atoms with Gasteiger partial charge in [0.15, 0.2) is 17.3 Å². The predicted octanol–water partition coefficient (Wildman–Crippen LogP) is 4.03. The Morgan fingerprint density at radius 3 is 2.36 bits per heavy atom. The van der Waals surface area contributed by atoms with Crippen molar-refractivity contribution >= 4 is 11.7 Å². The number of Topliss-reactive ketones (excluding diaryl/α,β-unsaturated/α-hetero) is 1. The van der Waals surface area contributed by atoms with Crippen molar-refractivity contribution in [2.75, 3.05) is 26.6 Å². The van der Waals surface area contributed by atoms with E-state index in [1.54, 1.807) is 32.1 Å². The highest BCUT2D eigenvalue weighted by atomic mass is 16.5. The van der Waals surface area contributed by atoms with Crippen LogP contribution in [-0.2, 0) is 4.79 Å². The molecule has 3 aromatic rings. The number of allylic oxidation sites excluding steroid dienone is 2. The number of carbonyl (C=O) groups excluding carboxylic acids is 1. The number of hydrogen-bond donors (Lipinski definition) is 1. The molecule has 8 nitrogen and oxygen atoms in total. The van der Waals surface area contributed by atoms with Gasteiger partial charge in [0.25, 0.3) is 0 Å². The molecule has 0 bridgehead atoms. The van der Waals surface area contributed by atoms with Crippen LogP contribution in [0.3, 0.4) is 0 Å². The molecule has 0 saturated carbocycles. The molecule has 33 heavy (non-hydrogen) atoms. The number of nitrogens with zero attached hydrogens (tertiary/aromatic N) is 3. The van der Waals surface area contributed by atoms with Crippen LogP contribution in [0.5, 0.6) is 17.2 Å². The summed E-state index contributed by atoms with van der Waals surface area (Å²) in [4.78, 5) is 18.2. The van der Waals surface area contributed by atoms with Gasteiger partial charge >= 0.3 is 0 Å². The van der Waals surface area contributed by atoms with Crippen molar-refractivity contribution in [3.63, 3.8) is 0 Å². The SMILES string of the molecule is COc1cc(OC)c([C@@H]2C3=C(C[C@@H](c4ccccc4)CC3=O)Nc3nc(C)nn32)cc1OC. The summed E-state index contributed by atoms with van der Waals surface area (Å²) in [6, 6.07) is 13.3. The van der Waals surface area contributed by atoms with Crippen LogP contribution in [0, 0.1) is 6.92 Å². The lowest BCUT2D eigenvalue weighted by Crippen LogP contribution is -2.33. The summed E-state index contributed by atoms with van der Waals surface area (Å²) >= 11 is 0. The van der Waals surface area contributed by atoms with Gasteiger partial charge in [-0.2, -0.15) is 10.1 Å². The second-order valence-electron chi connectivity index (χ2n) is 8.24. The summed E-state index contributed by atoms with van der Waals surface area (Å²) in [6.07, 6.45) is 1.14. The lowest BCUT2D eigenvalue weighted by molar-refractivity contribution is -0.116. The van der Waals surface area contributed by atoms with Crippen molar-refractivity contribution < 1.29 is 19.0 Å². The van der Waals surface area contributed by atoms with Crippen LogP contribution in [0.4, 0.5) is 5.95 Å². The van der Waals surface area contributed by atoms with E-state index in [1.165, 1.54) is 0 Å². The maximum absolute atomic E-state index is 13.6. The van der Waals surface area contributed by atoms with Crippen molar-refractivity contribution in [2.24, 2.45) is 0 Å². The van der Waals surface area contributed by atoms with Gasteiger partial charge in [0.2, 0.25) is 5.95 Å². The second kappa shape index (κ2) is 8.27. The molecule has 1 N–H and O–H groups in total. The van der Waals surface area contributed by atoms with Gasteiger partial charge in [0.05, 0.1) is 21.3 Å². The largest absolute Gasteiger partial charge is 0.496 e. The average Bonchev–Trinajstić information content (AvgIpc) is 3.21. The smallest absolute Gasteiger partial charge is 0.226 e.